The molecule has 0 bridgehead atoms. The molecule has 6 nitrogen and oxygen atoms in total. The van der Waals surface area contributed by atoms with Gasteiger partial charge in [-0.05, 0) is 0 Å². The van der Waals surface area contributed by atoms with Gasteiger partial charge in [0, 0.05) is 11.1 Å². The van der Waals surface area contributed by atoms with Crippen molar-refractivity contribution in [3.05, 3.63) is 16.6 Å². The Labute approximate surface area is 84.4 Å². The predicted molar refractivity (Wildman–Crippen MR) is 52.0 cm³/mol. The summed E-state index contributed by atoms with van der Waals surface area (Å²) >= 11 is 1.45. The number of rotatable bonds is 4. The van der Waals surface area contributed by atoms with Gasteiger partial charge in [-0.25, -0.2) is 0 Å². The number of amides is 1. The Balaban J connectivity index is 2.29. The quantitative estimate of drug-likeness (QED) is 0.282. The predicted octanol–water partition coefficient (Wildman–Crippen LogP) is -0.104. The van der Waals surface area contributed by atoms with E-state index in [0.717, 1.165) is 4.88 Å². The first-order valence-electron chi connectivity index (χ1n) is 3.83. The van der Waals surface area contributed by atoms with Crippen molar-refractivity contribution in [3.63, 3.8) is 0 Å². The lowest BCUT2D eigenvalue weighted by atomic mass is 10.3. The average molecular weight is 214 g/mol. The van der Waals surface area contributed by atoms with Crippen molar-refractivity contribution in [1.29, 1.82) is 0 Å². The molecule has 1 amide bonds. The van der Waals surface area contributed by atoms with Crippen LogP contribution in [0.2, 0.25) is 0 Å². The van der Waals surface area contributed by atoms with Gasteiger partial charge in [-0.1, -0.05) is 5.16 Å². The number of nitrogens with one attached hydrogen (secondary N) is 1. The maximum atomic E-state index is 11.1. The normalized spacial score (nSPS) is 11.3. The number of nitrogens with two attached hydrogens (primary N) is 1. The van der Waals surface area contributed by atoms with Gasteiger partial charge in [-0.2, -0.15) is 0 Å². The number of carbonyl (C=O) groups excluding carboxylic acids is 1. The van der Waals surface area contributed by atoms with E-state index >= 15 is 0 Å². The Morgan fingerprint density at radius 3 is 3.14 bits per heavy atom. The summed E-state index contributed by atoms with van der Waals surface area (Å²) in [7, 11) is 0. The summed E-state index contributed by atoms with van der Waals surface area (Å²) in [5.74, 6) is -0.388. The van der Waals surface area contributed by atoms with Gasteiger partial charge in [0.15, 0.2) is 0 Å². The fraction of sp³-hybridized carbons (Fsp3) is 0.286. The van der Waals surface area contributed by atoms with E-state index in [4.69, 9.17) is 10.9 Å². The van der Waals surface area contributed by atoms with Gasteiger partial charge in [-0.3, -0.25) is 9.78 Å². The Morgan fingerprint density at radius 2 is 2.57 bits per heavy atom. The van der Waals surface area contributed by atoms with Gasteiger partial charge in [0.2, 0.25) is 5.91 Å². The first kappa shape index (κ1) is 10.5. The molecule has 1 aromatic rings. The van der Waals surface area contributed by atoms with Crippen molar-refractivity contribution in [1.82, 2.24) is 10.3 Å². The maximum absolute atomic E-state index is 11.1. The van der Waals surface area contributed by atoms with E-state index in [1.165, 1.54) is 11.3 Å². The minimum atomic E-state index is -0.284. The fourth-order valence-electron chi connectivity index (χ4n) is 0.777. The summed E-state index contributed by atoms with van der Waals surface area (Å²) in [6.07, 6.45) is 1.57. The average Bonchev–Trinajstić information content (AvgIpc) is 2.67. The Bertz CT molecular complexity index is 322. The zero-order chi connectivity index (χ0) is 10.4. The number of hydrogen-bond donors (Lipinski definition) is 3. The first-order chi connectivity index (χ1) is 6.72. The van der Waals surface area contributed by atoms with E-state index in [1.54, 1.807) is 11.7 Å². The molecule has 0 spiro atoms. The highest BCUT2D eigenvalue weighted by molar-refractivity contribution is 7.09. The van der Waals surface area contributed by atoms with Crippen LogP contribution in [0.15, 0.2) is 16.9 Å². The van der Waals surface area contributed by atoms with Gasteiger partial charge in [-0.15, -0.1) is 11.3 Å². The molecule has 0 fully saturated rings. The summed E-state index contributed by atoms with van der Waals surface area (Å²) in [6.45, 7) is 0.419. The van der Waals surface area contributed by atoms with Crippen molar-refractivity contribution in [2.75, 3.05) is 0 Å². The number of oxime groups is 1. The fourth-order valence-corrected chi connectivity index (χ4v) is 1.31. The van der Waals surface area contributed by atoms with Crippen LogP contribution in [-0.4, -0.2) is 21.9 Å². The monoisotopic (exact) mass is 214 g/mol. The number of hydrogen-bond acceptors (Lipinski definition) is 5. The van der Waals surface area contributed by atoms with Crippen LogP contribution in [0.4, 0.5) is 0 Å². The highest BCUT2D eigenvalue weighted by atomic mass is 32.1. The second kappa shape index (κ2) is 5.18. The number of aromatic nitrogens is 1. The third kappa shape index (κ3) is 3.40. The molecule has 0 aromatic carbocycles. The topological polar surface area (TPSA) is 101 Å². The molecule has 0 atom stereocenters. The van der Waals surface area contributed by atoms with Crippen LogP contribution in [0.5, 0.6) is 0 Å². The second-order valence-corrected chi connectivity index (χ2v) is 3.48. The molecule has 0 saturated carbocycles. The van der Waals surface area contributed by atoms with Gasteiger partial charge in [0.05, 0.1) is 18.5 Å². The zero-order valence-corrected chi connectivity index (χ0v) is 8.12. The van der Waals surface area contributed by atoms with Crippen molar-refractivity contribution >= 4 is 23.1 Å². The molecule has 7 heteroatoms. The Kier molecular flexibility index (Phi) is 3.86. The summed E-state index contributed by atoms with van der Waals surface area (Å²) in [5, 5.41) is 13.5. The molecule has 1 rings (SSSR count). The minimum absolute atomic E-state index is 0.102. The molecule has 0 aliphatic heterocycles. The Morgan fingerprint density at radius 1 is 1.79 bits per heavy atom. The van der Waals surface area contributed by atoms with Crippen LogP contribution >= 0.6 is 11.3 Å². The standard InChI is InChI=1S/C7H10N4O2S/c8-6(11-13)1-7(12)10-3-5-2-9-4-14-5/h2,4,13H,1,3H2,(H2,8,11)(H,10,12). The number of amidine groups is 1. The summed E-state index contributed by atoms with van der Waals surface area (Å²) in [5.41, 5.74) is 6.84. The minimum Gasteiger partial charge on any atom is -0.409 e. The lowest BCUT2D eigenvalue weighted by Gasteiger charge is -2.01. The van der Waals surface area contributed by atoms with E-state index in [0.29, 0.717) is 6.54 Å². The molecule has 0 aliphatic rings. The summed E-state index contributed by atoms with van der Waals surface area (Å²) in [4.78, 5) is 15.9. The van der Waals surface area contributed by atoms with Crippen LogP contribution in [-0.2, 0) is 11.3 Å². The molecule has 1 heterocycles. The van der Waals surface area contributed by atoms with E-state index in [2.05, 4.69) is 15.5 Å². The molecule has 14 heavy (non-hydrogen) atoms. The molecule has 1 aromatic heterocycles. The summed E-state index contributed by atoms with van der Waals surface area (Å²) in [6, 6.07) is 0. The lowest BCUT2D eigenvalue weighted by molar-refractivity contribution is -0.120. The van der Waals surface area contributed by atoms with Crippen molar-refractivity contribution in [2.45, 2.75) is 13.0 Å². The molecular formula is C7H10N4O2S. The molecule has 4 N–H and O–H groups in total. The number of thiazole rings is 1. The maximum Gasteiger partial charge on any atom is 0.227 e. The molecular weight excluding hydrogens is 204 g/mol. The van der Waals surface area contributed by atoms with E-state index in [9.17, 15) is 4.79 Å². The van der Waals surface area contributed by atoms with Crippen LogP contribution in [0.25, 0.3) is 0 Å². The van der Waals surface area contributed by atoms with Gasteiger partial charge in [0.25, 0.3) is 0 Å². The van der Waals surface area contributed by atoms with Crippen LogP contribution < -0.4 is 11.1 Å². The number of nitrogens with zero attached hydrogens (tertiary/aromatic N) is 2. The smallest absolute Gasteiger partial charge is 0.227 e. The molecule has 0 unspecified atom stereocenters. The largest absolute Gasteiger partial charge is 0.409 e. The molecule has 76 valence electrons. The van der Waals surface area contributed by atoms with E-state index in [-0.39, 0.29) is 18.2 Å². The van der Waals surface area contributed by atoms with E-state index in [1.807, 2.05) is 0 Å². The van der Waals surface area contributed by atoms with Gasteiger partial charge in [0.1, 0.15) is 5.84 Å². The van der Waals surface area contributed by atoms with Crippen molar-refractivity contribution < 1.29 is 10.0 Å². The van der Waals surface area contributed by atoms with Crippen molar-refractivity contribution in [2.24, 2.45) is 10.9 Å². The van der Waals surface area contributed by atoms with Crippen LogP contribution in [0.3, 0.4) is 0 Å². The lowest BCUT2D eigenvalue weighted by Crippen LogP contribution is -2.27. The highest BCUT2D eigenvalue weighted by Gasteiger charge is 2.04. The summed E-state index contributed by atoms with van der Waals surface area (Å²) < 4.78 is 0. The number of carbonyl (C=O) groups is 1. The molecule has 0 radical (unpaired) electrons. The van der Waals surface area contributed by atoms with E-state index < -0.39 is 0 Å². The highest BCUT2D eigenvalue weighted by Crippen LogP contribution is 2.03. The molecule has 0 saturated heterocycles. The SMILES string of the molecule is NC(CC(=O)NCc1cncs1)=NO. The first-order valence-corrected chi connectivity index (χ1v) is 4.71. The molecule has 0 aliphatic carbocycles. The Hall–Kier alpha value is -1.63. The van der Waals surface area contributed by atoms with Crippen LogP contribution in [0.1, 0.15) is 11.3 Å². The van der Waals surface area contributed by atoms with Gasteiger partial charge >= 0.3 is 0 Å². The third-order valence-electron chi connectivity index (χ3n) is 1.41. The zero-order valence-electron chi connectivity index (χ0n) is 7.30. The second-order valence-electron chi connectivity index (χ2n) is 2.51. The van der Waals surface area contributed by atoms with Crippen LogP contribution in [0, 0.1) is 0 Å². The van der Waals surface area contributed by atoms with Gasteiger partial charge < -0.3 is 16.3 Å². The third-order valence-corrected chi connectivity index (χ3v) is 2.19. The van der Waals surface area contributed by atoms with Crippen molar-refractivity contribution in [3.8, 4) is 0 Å².